The third kappa shape index (κ3) is 3.70. The number of nitrogens with zero attached hydrogens (tertiary/aromatic N) is 1. The Morgan fingerprint density at radius 2 is 1.96 bits per heavy atom. The maximum absolute atomic E-state index is 11.8. The Hall–Kier alpha value is -2.79. The predicted molar refractivity (Wildman–Crippen MR) is 94.0 cm³/mol. The second kappa shape index (κ2) is 6.98. The van der Waals surface area contributed by atoms with E-state index in [0.717, 1.165) is 16.5 Å². The van der Waals surface area contributed by atoms with Gasteiger partial charge in [0.05, 0.1) is 23.5 Å². The lowest BCUT2D eigenvalue weighted by atomic mass is 10.2. The molecule has 23 heavy (non-hydrogen) atoms. The van der Waals surface area contributed by atoms with Gasteiger partial charge in [-0.2, -0.15) is 5.10 Å². The van der Waals surface area contributed by atoms with Crippen molar-refractivity contribution in [1.29, 1.82) is 0 Å². The molecule has 0 bridgehead atoms. The van der Waals surface area contributed by atoms with Crippen molar-refractivity contribution >= 4 is 40.3 Å². The Kier molecular flexibility index (Phi) is 4.59. The van der Waals surface area contributed by atoms with Gasteiger partial charge in [0.2, 0.25) is 0 Å². The summed E-state index contributed by atoms with van der Waals surface area (Å²) in [6, 6.07) is 15.1. The first-order valence-electron chi connectivity index (χ1n) is 7.10. The first-order valence-corrected chi connectivity index (χ1v) is 7.48. The molecule has 2 aromatic carbocycles. The van der Waals surface area contributed by atoms with Gasteiger partial charge in [0, 0.05) is 22.7 Å². The summed E-state index contributed by atoms with van der Waals surface area (Å²) in [6.45, 7) is 0.0922. The molecule has 0 radical (unpaired) electrons. The molecule has 1 aromatic heterocycles. The molecule has 6 heteroatoms. The molecule has 3 N–H and O–H groups in total. The minimum Gasteiger partial charge on any atom is -0.375 e. The number of carbonyl (C=O) groups is 1. The van der Waals surface area contributed by atoms with Gasteiger partial charge in [-0.25, -0.2) is 5.43 Å². The predicted octanol–water partition coefficient (Wildman–Crippen LogP) is 3.38. The fourth-order valence-corrected chi connectivity index (χ4v) is 2.40. The smallest absolute Gasteiger partial charge is 0.259 e. The molecular formula is C17H15ClN4O. The zero-order valence-corrected chi connectivity index (χ0v) is 13.0. The lowest BCUT2D eigenvalue weighted by Gasteiger charge is -2.06. The highest BCUT2D eigenvalue weighted by molar-refractivity contribution is 6.33. The summed E-state index contributed by atoms with van der Waals surface area (Å²) >= 11 is 6.01. The highest BCUT2D eigenvalue weighted by Crippen LogP contribution is 2.19. The number of fused-ring (bicyclic) bond motifs is 1. The van der Waals surface area contributed by atoms with Gasteiger partial charge >= 0.3 is 0 Å². The average Bonchev–Trinajstić information content (AvgIpc) is 2.98. The molecule has 0 fully saturated rings. The van der Waals surface area contributed by atoms with Crippen LogP contribution in [0.3, 0.4) is 0 Å². The van der Waals surface area contributed by atoms with E-state index in [1.165, 1.54) is 0 Å². The van der Waals surface area contributed by atoms with E-state index in [1.54, 1.807) is 12.3 Å². The van der Waals surface area contributed by atoms with E-state index < -0.39 is 0 Å². The highest BCUT2D eigenvalue weighted by atomic mass is 35.5. The molecule has 5 nitrogen and oxygen atoms in total. The van der Waals surface area contributed by atoms with Crippen LogP contribution >= 0.6 is 11.6 Å². The number of aromatic amines is 1. The summed E-state index contributed by atoms with van der Waals surface area (Å²) in [5, 5.41) is 8.57. The summed E-state index contributed by atoms with van der Waals surface area (Å²) in [4.78, 5) is 14.9. The normalized spacial score (nSPS) is 11.0. The minimum absolute atomic E-state index is 0.0922. The summed E-state index contributed by atoms with van der Waals surface area (Å²) in [5.41, 5.74) is 5.14. The van der Waals surface area contributed by atoms with Crippen LogP contribution in [0.5, 0.6) is 0 Å². The van der Waals surface area contributed by atoms with Gasteiger partial charge in [0.25, 0.3) is 5.91 Å². The zero-order chi connectivity index (χ0) is 16.1. The van der Waals surface area contributed by atoms with Gasteiger partial charge in [0.1, 0.15) is 0 Å². The van der Waals surface area contributed by atoms with Gasteiger partial charge in [-0.15, -0.1) is 0 Å². The number of hydrogen-bond acceptors (Lipinski definition) is 3. The third-order valence-corrected chi connectivity index (χ3v) is 3.66. The van der Waals surface area contributed by atoms with E-state index in [2.05, 4.69) is 20.8 Å². The van der Waals surface area contributed by atoms with Gasteiger partial charge in [-0.3, -0.25) is 4.79 Å². The van der Waals surface area contributed by atoms with Gasteiger partial charge in [0.15, 0.2) is 0 Å². The Morgan fingerprint density at radius 3 is 2.83 bits per heavy atom. The lowest BCUT2D eigenvalue weighted by molar-refractivity contribution is -0.119. The molecule has 3 rings (SSSR count). The average molecular weight is 327 g/mol. The number of H-pyrrole nitrogens is 1. The molecular weight excluding hydrogens is 312 g/mol. The van der Waals surface area contributed by atoms with Crippen LogP contribution in [0, 0.1) is 0 Å². The SMILES string of the molecule is O=C(CNc1ccccc1Cl)N/N=C/c1c[nH]c2ccccc12. The zero-order valence-electron chi connectivity index (χ0n) is 12.2. The number of anilines is 1. The molecule has 1 heterocycles. The van der Waals surface area contributed by atoms with E-state index >= 15 is 0 Å². The molecule has 0 aliphatic heterocycles. The number of rotatable bonds is 5. The molecule has 0 aliphatic carbocycles. The molecule has 0 saturated carbocycles. The molecule has 116 valence electrons. The number of nitrogens with one attached hydrogen (secondary N) is 3. The minimum atomic E-state index is -0.249. The van der Waals surface area contributed by atoms with E-state index in [4.69, 9.17) is 11.6 Å². The van der Waals surface area contributed by atoms with Gasteiger partial charge in [-0.1, -0.05) is 41.9 Å². The second-order valence-corrected chi connectivity index (χ2v) is 5.32. The summed E-state index contributed by atoms with van der Waals surface area (Å²) in [5.74, 6) is -0.249. The number of aromatic nitrogens is 1. The number of halogens is 1. The molecule has 0 unspecified atom stereocenters. The first kappa shape index (κ1) is 15.1. The van der Waals surface area contributed by atoms with E-state index in [-0.39, 0.29) is 12.5 Å². The van der Waals surface area contributed by atoms with Crippen molar-refractivity contribution < 1.29 is 4.79 Å². The van der Waals surface area contributed by atoms with Crippen LogP contribution in [0.4, 0.5) is 5.69 Å². The van der Waals surface area contributed by atoms with Crippen molar-refractivity contribution in [3.63, 3.8) is 0 Å². The first-order chi connectivity index (χ1) is 11.2. The Bertz CT molecular complexity index is 856. The number of para-hydroxylation sites is 2. The number of hydrogen-bond donors (Lipinski definition) is 3. The van der Waals surface area contributed by atoms with Crippen molar-refractivity contribution in [3.05, 3.63) is 65.3 Å². The Balaban J connectivity index is 1.55. The molecule has 0 aliphatic rings. The van der Waals surface area contributed by atoms with Gasteiger partial charge < -0.3 is 10.3 Å². The van der Waals surface area contributed by atoms with Crippen molar-refractivity contribution in [1.82, 2.24) is 10.4 Å². The van der Waals surface area contributed by atoms with Crippen LogP contribution in [0.15, 0.2) is 59.8 Å². The summed E-state index contributed by atoms with van der Waals surface area (Å²) < 4.78 is 0. The molecule has 3 aromatic rings. The molecule has 0 saturated heterocycles. The summed E-state index contributed by atoms with van der Waals surface area (Å²) in [7, 11) is 0. The maximum Gasteiger partial charge on any atom is 0.259 e. The van der Waals surface area contributed by atoms with Crippen molar-refractivity contribution in [3.8, 4) is 0 Å². The number of hydrazone groups is 1. The van der Waals surface area contributed by atoms with Gasteiger partial charge in [-0.05, 0) is 18.2 Å². The number of amides is 1. The van der Waals surface area contributed by atoms with Crippen molar-refractivity contribution in [2.24, 2.45) is 5.10 Å². The second-order valence-electron chi connectivity index (χ2n) is 4.92. The summed E-state index contributed by atoms with van der Waals surface area (Å²) in [6.07, 6.45) is 3.47. The van der Waals surface area contributed by atoms with Crippen molar-refractivity contribution in [2.45, 2.75) is 0 Å². The largest absolute Gasteiger partial charge is 0.375 e. The fraction of sp³-hybridized carbons (Fsp3) is 0.0588. The molecule has 0 spiro atoms. The van der Waals surface area contributed by atoms with E-state index in [9.17, 15) is 4.79 Å². The standard InChI is InChI=1S/C17H15ClN4O/c18-14-6-2-4-8-16(14)20-11-17(23)22-21-10-12-9-19-15-7-3-1-5-13(12)15/h1-10,19-20H,11H2,(H,22,23)/b21-10+. The number of carbonyl (C=O) groups excluding carboxylic acids is 1. The Labute approximate surface area is 138 Å². The molecule has 1 amide bonds. The van der Waals surface area contributed by atoms with E-state index in [1.807, 2.05) is 48.7 Å². The highest BCUT2D eigenvalue weighted by Gasteiger charge is 2.03. The number of benzene rings is 2. The van der Waals surface area contributed by atoms with Crippen LogP contribution in [0.1, 0.15) is 5.56 Å². The van der Waals surface area contributed by atoms with Crippen LogP contribution in [0.25, 0.3) is 10.9 Å². The third-order valence-electron chi connectivity index (χ3n) is 3.33. The van der Waals surface area contributed by atoms with E-state index in [0.29, 0.717) is 10.7 Å². The monoisotopic (exact) mass is 326 g/mol. The van der Waals surface area contributed by atoms with Crippen LogP contribution in [-0.4, -0.2) is 23.7 Å². The van der Waals surface area contributed by atoms with Crippen molar-refractivity contribution in [2.75, 3.05) is 11.9 Å². The Morgan fingerprint density at radius 1 is 1.17 bits per heavy atom. The van der Waals surface area contributed by atoms with Crippen LogP contribution in [-0.2, 0) is 4.79 Å². The van der Waals surface area contributed by atoms with Crippen LogP contribution in [0.2, 0.25) is 5.02 Å². The maximum atomic E-state index is 11.8. The lowest BCUT2D eigenvalue weighted by Crippen LogP contribution is -2.25. The molecule has 0 atom stereocenters. The van der Waals surface area contributed by atoms with Crippen LogP contribution < -0.4 is 10.7 Å². The quantitative estimate of drug-likeness (QED) is 0.497. The topological polar surface area (TPSA) is 69.3 Å². The fourth-order valence-electron chi connectivity index (χ4n) is 2.19.